The molecule has 7 bridgehead atoms. The fourth-order valence-corrected chi connectivity index (χ4v) is 12.2. The lowest BCUT2D eigenvalue weighted by Crippen LogP contribution is -2.77. The molecule has 43 heavy (non-hydrogen) atoms. The largest absolute Gasteiger partial charge is 0.458 e. The third kappa shape index (κ3) is 3.51. The van der Waals surface area contributed by atoms with Gasteiger partial charge in [-0.1, -0.05) is 18.2 Å². The SMILES string of the molecule is COC[C@@]12CC[C@@H](OC)[C@@]34[C@H]([C@@H]([C@@H](OC)[C@@H]13)[C@]1(OC(C)=O)C[C@H](OC)[C@]3(O)C[C@H]4[C@@H]1[C@@H]3OC(=O)c1ccccc1)N(C)C2. The molecule has 0 amide bonds. The van der Waals surface area contributed by atoms with Crippen LogP contribution in [0.15, 0.2) is 30.3 Å². The third-order valence-electron chi connectivity index (χ3n) is 12.7. The first-order chi connectivity index (χ1) is 20.6. The second kappa shape index (κ2) is 9.96. The van der Waals surface area contributed by atoms with Crippen LogP contribution in [0.25, 0.3) is 0 Å². The van der Waals surface area contributed by atoms with Gasteiger partial charge in [-0.15, -0.1) is 0 Å². The minimum Gasteiger partial charge on any atom is -0.458 e. The van der Waals surface area contributed by atoms with E-state index in [2.05, 4.69) is 11.9 Å². The Balaban J connectivity index is 1.48. The van der Waals surface area contributed by atoms with Crippen molar-refractivity contribution in [3.8, 4) is 0 Å². The Morgan fingerprint density at radius 2 is 1.72 bits per heavy atom. The number of ether oxygens (including phenoxy) is 6. The minimum atomic E-state index is -1.48. The molecule has 7 rings (SSSR count). The number of aliphatic hydroxyl groups is 1. The van der Waals surface area contributed by atoms with E-state index >= 15 is 0 Å². The van der Waals surface area contributed by atoms with Crippen LogP contribution in [0.5, 0.6) is 0 Å². The van der Waals surface area contributed by atoms with Gasteiger partial charge < -0.3 is 38.4 Å². The number of benzene rings is 1. The van der Waals surface area contributed by atoms with Gasteiger partial charge in [-0.3, -0.25) is 4.79 Å². The summed E-state index contributed by atoms with van der Waals surface area (Å²) in [7, 11) is 9.01. The highest BCUT2D eigenvalue weighted by atomic mass is 16.6. The topological polar surface area (TPSA) is 113 Å². The van der Waals surface area contributed by atoms with Crippen molar-refractivity contribution in [1.82, 2.24) is 4.90 Å². The zero-order chi connectivity index (χ0) is 30.5. The number of rotatable bonds is 8. The normalized spacial score (nSPS) is 49.0. The summed E-state index contributed by atoms with van der Waals surface area (Å²) in [4.78, 5) is 29.2. The van der Waals surface area contributed by atoms with E-state index in [-0.39, 0.29) is 47.8 Å². The van der Waals surface area contributed by atoms with Gasteiger partial charge in [0.2, 0.25) is 0 Å². The summed E-state index contributed by atoms with van der Waals surface area (Å²) in [6, 6.07) is 8.77. The van der Waals surface area contributed by atoms with Crippen LogP contribution in [0, 0.1) is 34.5 Å². The van der Waals surface area contributed by atoms with E-state index in [4.69, 9.17) is 28.4 Å². The van der Waals surface area contributed by atoms with Gasteiger partial charge in [0.15, 0.2) is 0 Å². The molecule has 1 heterocycles. The first kappa shape index (κ1) is 29.6. The molecule has 1 N–H and O–H groups in total. The highest BCUT2D eigenvalue weighted by Gasteiger charge is 2.89. The second-order valence-corrected chi connectivity index (χ2v) is 14.1. The summed E-state index contributed by atoms with van der Waals surface area (Å²) in [5.41, 5.74) is -2.88. The van der Waals surface area contributed by atoms with Crippen molar-refractivity contribution < 1.29 is 43.1 Å². The van der Waals surface area contributed by atoms with Gasteiger partial charge in [-0.25, -0.2) is 4.79 Å². The number of carbonyl (C=O) groups is 2. The van der Waals surface area contributed by atoms with E-state index in [9.17, 15) is 14.7 Å². The lowest BCUT2D eigenvalue weighted by Gasteiger charge is -2.69. The predicted octanol–water partition coefficient (Wildman–Crippen LogP) is 2.32. The molecule has 1 aromatic rings. The van der Waals surface area contributed by atoms with E-state index in [1.54, 1.807) is 52.7 Å². The van der Waals surface area contributed by atoms with E-state index in [0.29, 0.717) is 18.6 Å². The third-order valence-corrected chi connectivity index (χ3v) is 12.7. The van der Waals surface area contributed by atoms with Crippen molar-refractivity contribution in [1.29, 1.82) is 0 Å². The second-order valence-electron chi connectivity index (χ2n) is 14.1. The number of likely N-dealkylation sites (tertiary alicyclic amines) is 1. The summed E-state index contributed by atoms with van der Waals surface area (Å²) in [5.74, 6) is -1.87. The molecule has 1 aromatic carbocycles. The number of piperidine rings is 1. The van der Waals surface area contributed by atoms with Crippen LogP contribution in [0.3, 0.4) is 0 Å². The van der Waals surface area contributed by atoms with Crippen LogP contribution < -0.4 is 0 Å². The number of esters is 2. The van der Waals surface area contributed by atoms with Gasteiger partial charge in [0.05, 0.1) is 30.5 Å². The summed E-state index contributed by atoms with van der Waals surface area (Å²) in [6.45, 7) is 2.82. The molecule has 1 spiro atoms. The lowest BCUT2D eigenvalue weighted by atomic mass is 9.43. The minimum absolute atomic E-state index is 0.0201. The van der Waals surface area contributed by atoms with Crippen LogP contribution in [0.4, 0.5) is 0 Å². The van der Waals surface area contributed by atoms with E-state index in [0.717, 1.165) is 19.4 Å². The molecule has 5 aliphatic carbocycles. The Kier molecular flexibility index (Phi) is 6.86. The molecule has 6 aliphatic rings. The van der Waals surface area contributed by atoms with Gasteiger partial charge in [-0.05, 0) is 44.4 Å². The lowest BCUT2D eigenvalue weighted by molar-refractivity contribution is -0.285. The zero-order valence-corrected chi connectivity index (χ0v) is 26.0. The fourth-order valence-electron chi connectivity index (χ4n) is 12.2. The molecular formula is C33H45NO9. The van der Waals surface area contributed by atoms with Gasteiger partial charge in [0.1, 0.15) is 17.3 Å². The monoisotopic (exact) mass is 599 g/mol. The number of methoxy groups -OCH3 is 4. The summed E-state index contributed by atoms with van der Waals surface area (Å²) >= 11 is 0. The summed E-state index contributed by atoms with van der Waals surface area (Å²) in [5, 5.41) is 12.7. The number of hydrogen-bond acceptors (Lipinski definition) is 10. The Morgan fingerprint density at radius 3 is 2.35 bits per heavy atom. The standard InChI is InChI=1S/C33H45NO9/c1-18(35)43-32-15-22(40-5)31(37)14-20(23(32)28(31)42-29(36)19-10-8-7-9-11-19)33-21(39-4)12-13-30(17-38-3)16-34(2)27(33)24(32)25(41-6)26(30)33/h7-11,20-28,37H,12-17H2,1-6H3/t20-,21+,22-,23+,24+,25+,26-,27-,28-,30-,31+,32-,33+/m0/s1. The fraction of sp³-hybridized carbons (Fsp3) is 0.758. The molecule has 0 aromatic heterocycles. The van der Waals surface area contributed by atoms with Crippen molar-refractivity contribution in [3.05, 3.63) is 35.9 Å². The summed E-state index contributed by atoms with van der Waals surface area (Å²) < 4.78 is 38.0. The van der Waals surface area contributed by atoms with Gasteiger partial charge >= 0.3 is 11.9 Å². The molecule has 236 valence electrons. The average molecular weight is 600 g/mol. The van der Waals surface area contributed by atoms with Gasteiger partial charge in [0, 0.05) is 83.0 Å². The van der Waals surface area contributed by atoms with Crippen molar-refractivity contribution in [2.45, 2.75) is 74.3 Å². The van der Waals surface area contributed by atoms with E-state index < -0.39 is 46.7 Å². The Labute approximate surface area is 253 Å². The maximum Gasteiger partial charge on any atom is 0.338 e. The molecule has 0 radical (unpaired) electrons. The first-order valence-electron chi connectivity index (χ1n) is 15.5. The van der Waals surface area contributed by atoms with Crippen LogP contribution in [0.1, 0.15) is 43.0 Å². The number of hydrogen-bond donors (Lipinski definition) is 1. The Morgan fingerprint density at radius 1 is 1.00 bits per heavy atom. The highest BCUT2D eigenvalue weighted by Crippen LogP contribution is 2.80. The molecular weight excluding hydrogens is 554 g/mol. The molecule has 10 nitrogen and oxygen atoms in total. The smallest absolute Gasteiger partial charge is 0.338 e. The van der Waals surface area contributed by atoms with E-state index in [1.165, 1.54) is 6.92 Å². The van der Waals surface area contributed by atoms with Crippen LogP contribution in [-0.2, 0) is 33.2 Å². The molecule has 6 fully saturated rings. The van der Waals surface area contributed by atoms with Crippen molar-refractivity contribution >= 4 is 11.9 Å². The Hall–Kier alpha value is -2.08. The maximum absolute atomic E-state index is 13.7. The van der Waals surface area contributed by atoms with Gasteiger partial charge in [0.25, 0.3) is 0 Å². The molecule has 5 saturated carbocycles. The predicted molar refractivity (Wildman–Crippen MR) is 153 cm³/mol. The number of carbonyl (C=O) groups excluding carboxylic acids is 2. The van der Waals surface area contributed by atoms with Crippen LogP contribution in [0.2, 0.25) is 0 Å². The maximum atomic E-state index is 13.7. The average Bonchev–Trinajstić information content (AvgIpc) is 3.37. The molecule has 10 heteroatoms. The van der Waals surface area contributed by atoms with Crippen LogP contribution >= 0.6 is 0 Å². The molecule has 13 atom stereocenters. The van der Waals surface area contributed by atoms with Crippen LogP contribution in [-0.4, -0.2) is 112 Å². The van der Waals surface area contributed by atoms with Crippen molar-refractivity contribution in [2.24, 2.45) is 34.5 Å². The Bertz CT molecular complexity index is 1280. The van der Waals surface area contributed by atoms with Gasteiger partial charge in [-0.2, -0.15) is 0 Å². The number of fused-ring (bicyclic) bond motifs is 2. The quantitative estimate of drug-likeness (QED) is 0.447. The highest BCUT2D eigenvalue weighted by molar-refractivity contribution is 5.89. The zero-order valence-electron chi connectivity index (χ0n) is 26.0. The molecule has 1 saturated heterocycles. The van der Waals surface area contributed by atoms with Crippen molar-refractivity contribution in [3.63, 3.8) is 0 Å². The molecule has 0 unspecified atom stereocenters. The molecule has 1 aliphatic heterocycles. The summed E-state index contributed by atoms with van der Waals surface area (Å²) in [6.07, 6.45) is 0.272. The number of nitrogens with zero attached hydrogens (tertiary/aromatic N) is 1. The van der Waals surface area contributed by atoms with E-state index in [1.807, 2.05) is 6.07 Å². The van der Waals surface area contributed by atoms with Crippen molar-refractivity contribution in [2.75, 3.05) is 48.6 Å². The first-order valence-corrected chi connectivity index (χ1v) is 15.5.